The number of aliphatic carboxylic acids is 1. The zero-order valence-corrected chi connectivity index (χ0v) is 9.78. The van der Waals surface area contributed by atoms with Gasteiger partial charge in [-0.1, -0.05) is 0 Å². The van der Waals surface area contributed by atoms with Crippen LogP contribution in [0.25, 0.3) is 0 Å². The average molecular weight is 229 g/mol. The largest absolute Gasteiger partial charge is 0.481 e. The molecule has 1 fully saturated rings. The minimum atomic E-state index is -1.08. The molecule has 5 heteroatoms. The van der Waals surface area contributed by atoms with Gasteiger partial charge in [0, 0.05) is 20.3 Å². The van der Waals surface area contributed by atoms with Crippen LogP contribution in [0.2, 0.25) is 0 Å². The molecule has 1 atom stereocenters. The minimum absolute atomic E-state index is 0.157. The zero-order valence-electron chi connectivity index (χ0n) is 9.78. The fourth-order valence-corrected chi connectivity index (χ4v) is 1.55. The quantitative estimate of drug-likeness (QED) is 0.628. The second-order valence-corrected chi connectivity index (χ2v) is 4.52. The van der Waals surface area contributed by atoms with Crippen LogP contribution in [-0.4, -0.2) is 37.2 Å². The summed E-state index contributed by atoms with van der Waals surface area (Å²) in [6.07, 6.45) is 3.08. The first-order chi connectivity index (χ1) is 7.51. The summed E-state index contributed by atoms with van der Waals surface area (Å²) in [5.74, 6) is -2.46. The Kier molecular flexibility index (Phi) is 4.29. The van der Waals surface area contributed by atoms with E-state index in [1.165, 1.54) is 6.92 Å². The summed E-state index contributed by atoms with van der Waals surface area (Å²) in [6, 6.07) is 0. The van der Waals surface area contributed by atoms with Crippen LogP contribution in [0.3, 0.4) is 0 Å². The van der Waals surface area contributed by atoms with Crippen molar-refractivity contribution in [2.75, 3.05) is 20.3 Å². The van der Waals surface area contributed by atoms with E-state index in [4.69, 9.17) is 9.84 Å². The van der Waals surface area contributed by atoms with Crippen molar-refractivity contribution in [3.05, 3.63) is 0 Å². The van der Waals surface area contributed by atoms with Gasteiger partial charge in [0.1, 0.15) is 5.92 Å². The highest BCUT2D eigenvalue weighted by Crippen LogP contribution is 2.48. The summed E-state index contributed by atoms with van der Waals surface area (Å²) >= 11 is 0. The van der Waals surface area contributed by atoms with Crippen molar-refractivity contribution in [1.82, 2.24) is 5.32 Å². The molecule has 1 unspecified atom stereocenters. The number of carbonyl (C=O) groups excluding carboxylic acids is 1. The molecule has 0 bridgehead atoms. The highest BCUT2D eigenvalue weighted by molar-refractivity contribution is 5.96. The third kappa shape index (κ3) is 3.48. The van der Waals surface area contributed by atoms with Crippen molar-refractivity contribution in [3.8, 4) is 0 Å². The highest BCUT2D eigenvalue weighted by atomic mass is 16.5. The number of carboxylic acid groups (broad SMARTS) is 1. The van der Waals surface area contributed by atoms with Crippen LogP contribution in [0.5, 0.6) is 0 Å². The maximum absolute atomic E-state index is 11.4. The van der Waals surface area contributed by atoms with Crippen LogP contribution in [0, 0.1) is 11.3 Å². The van der Waals surface area contributed by atoms with Gasteiger partial charge in [0.15, 0.2) is 0 Å². The Bertz CT molecular complexity index is 273. The van der Waals surface area contributed by atoms with Gasteiger partial charge >= 0.3 is 5.97 Å². The fraction of sp³-hybridized carbons (Fsp3) is 0.818. The third-order valence-corrected chi connectivity index (χ3v) is 3.19. The normalized spacial score (nSPS) is 18.9. The molecule has 0 aromatic rings. The van der Waals surface area contributed by atoms with E-state index >= 15 is 0 Å². The average Bonchev–Trinajstić information content (AvgIpc) is 3.02. The molecule has 0 spiro atoms. The zero-order chi connectivity index (χ0) is 12.2. The van der Waals surface area contributed by atoms with E-state index in [1.54, 1.807) is 7.11 Å². The predicted octanol–water partition coefficient (Wildman–Crippen LogP) is 0.640. The molecular formula is C11H19NO4. The lowest BCUT2D eigenvalue weighted by atomic mass is 10.0. The molecule has 0 saturated heterocycles. The molecule has 1 rings (SSSR count). The smallest absolute Gasteiger partial charge is 0.315 e. The number of nitrogens with one attached hydrogen (secondary N) is 1. The molecule has 0 radical (unpaired) electrons. The number of carboxylic acids is 1. The van der Waals surface area contributed by atoms with Crippen molar-refractivity contribution in [3.63, 3.8) is 0 Å². The maximum atomic E-state index is 11.4. The second kappa shape index (κ2) is 5.30. The first-order valence-corrected chi connectivity index (χ1v) is 5.50. The molecule has 1 saturated carbocycles. The summed E-state index contributed by atoms with van der Waals surface area (Å²) in [7, 11) is 1.65. The van der Waals surface area contributed by atoms with Crippen LogP contribution in [-0.2, 0) is 14.3 Å². The number of rotatable bonds is 7. The first-order valence-electron chi connectivity index (χ1n) is 5.50. The minimum Gasteiger partial charge on any atom is -0.481 e. The second-order valence-electron chi connectivity index (χ2n) is 4.52. The summed E-state index contributed by atoms with van der Waals surface area (Å²) < 4.78 is 5.00. The van der Waals surface area contributed by atoms with Gasteiger partial charge in [-0.15, -0.1) is 0 Å². The van der Waals surface area contributed by atoms with Crippen molar-refractivity contribution >= 4 is 11.9 Å². The van der Waals surface area contributed by atoms with E-state index in [-0.39, 0.29) is 5.41 Å². The van der Waals surface area contributed by atoms with E-state index < -0.39 is 17.8 Å². The highest BCUT2D eigenvalue weighted by Gasteiger charge is 2.42. The summed E-state index contributed by atoms with van der Waals surface area (Å²) in [5.41, 5.74) is 0.157. The summed E-state index contributed by atoms with van der Waals surface area (Å²) in [5, 5.41) is 11.4. The molecular weight excluding hydrogens is 210 g/mol. The van der Waals surface area contributed by atoms with Crippen LogP contribution in [0.4, 0.5) is 0 Å². The Morgan fingerprint density at radius 1 is 1.50 bits per heavy atom. The van der Waals surface area contributed by atoms with Gasteiger partial charge in [0.05, 0.1) is 0 Å². The maximum Gasteiger partial charge on any atom is 0.315 e. The lowest BCUT2D eigenvalue weighted by molar-refractivity contribution is -0.146. The number of ether oxygens (including phenoxy) is 1. The topological polar surface area (TPSA) is 75.6 Å². The van der Waals surface area contributed by atoms with Gasteiger partial charge in [-0.25, -0.2) is 0 Å². The SMILES string of the molecule is COCCC1(CNC(=O)C(C)C(=O)O)CC1. The standard InChI is InChI=1S/C11H19NO4/c1-8(10(14)15)9(13)12-7-11(3-4-11)5-6-16-2/h8H,3-7H2,1-2H3,(H,12,13)(H,14,15). The molecule has 0 heterocycles. The molecule has 16 heavy (non-hydrogen) atoms. The molecule has 0 aromatic heterocycles. The summed E-state index contributed by atoms with van der Waals surface area (Å²) in [4.78, 5) is 22.0. The number of amides is 1. The Morgan fingerprint density at radius 2 is 2.12 bits per heavy atom. The Morgan fingerprint density at radius 3 is 2.56 bits per heavy atom. The number of hydrogen-bond donors (Lipinski definition) is 2. The molecule has 1 amide bonds. The van der Waals surface area contributed by atoms with Crippen LogP contribution < -0.4 is 5.32 Å². The van der Waals surface area contributed by atoms with Gasteiger partial charge in [-0.3, -0.25) is 9.59 Å². The Hall–Kier alpha value is -1.10. The van der Waals surface area contributed by atoms with E-state index in [9.17, 15) is 9.59 Å². The number of methoxy groups -OCH3 is 1. The predicted molar refractivity (Wildman–Crippen MR) is 58.0 cm³/mol. The van der Waals surface area contributed by atoms with Gasteiger partial charge < -0.3 is 15.2 Å². The number of carbonyl (C=O) groups is 2. The summed E-state index contributed by atoms with van der Waals surface area (Å²) in [6.45, 7) is 2.64. The van der Waals surface area contributed by atoms with Crippen LogP contribution >= 0.6 is 0 Å². The van der Waals surface area contributed by atoms with E-state index in [0.29, 0.717) is 13.2 Å². The lowest BCUT2D eigenvalue weighted by Gasteiger charge is -2.16. The lowest BCUT2D eigenvalue weighted by Crippen LogP contribution is -2.37. The third-order valence-electron chi connectivity index (χ3n) is 3.19. The molecule has 1 aliphatic carbocycles. The molecule has 0 aromatic carbocycles. The molecule has 5 nitrogen and oxygen atoms in total. The number of hydrogen-bond acceptors (Lipinski definition) is 3. The van der Waals surface area contributed by atoms with Gasteiger partial charge in [0.2, 0.25) is 5.91 Å². The first kappa shape index (κ1) is 13.0. The van der Waals surface area contributed by atoms with Gasteiger partial charge in [-0.05, 0) is 31.6 Å². The monoisotopic (exact) mass is 229 g/mol. The van der Waals surface area contributed by atoms with Gasteiger partial charge in [0.25, 0.3) is 0 Å². The Labute approximate surface area is 95.2 Å². The van der Waals surface area contributed by atoms with Crippen molar-refractivity contribution in [1.29, 1.82) is 0 Å². The van der Waals surface area contributed by atoms with Crippen LogP contribution in [0.1, 0.15) is 26.2 Å². The van der Waals surface area contributed by atoms with E-state index in [0.717, 1.165) is 19.3 Å². The van der Waals surface area contributed by atoms with Gasteiger partial charge in [-0.2, -0.15) is 0 Å². The molecule has 92 valence electrons. The van der Waals surface area contributed by atoms with Crippen molar-refractivity contribution in [2.24, 2.45) is 11.3 Å². The molecule has 0 aliphatic heterocycles. The molecule has 1 aliphatic rings. The van der Waals surface area contributed by atoms with Crippen LogP contribution in [0.15, 0.2) is 0 Å². The van der Waals surface area contributed by atoms with Crippen molar-refractivity contribution < 1.29 is 19.4 Å². The van der Waals surface area contributed by atoms with E-state index in [1.807, 2.05) is 0 Å². The Balaban J connectivity index is 2.29. The van der Waals surface area contributed by atoms with E-state index in [2.05, 4.69) is 5.32 Å². The van der Waals surface area contributed by atoms with Crippen molar-refractivity contribution in [2.45, 2.75) is 26.2 Å². The molecule has 2 N–H and O–H groups in total. The fourth-order valence-electron chi connectivity index (χ4n) is 1.55.